The highest BCUT2D eigenvalue weighted by Gasteiger charge is 2.30. The zero-order valence-electron chi connectivity index (χ0n) is 9.94. The van der Waals surface area contributed by atoms with Gasteiger partial charge in [0.25, 0.3) is 0 Å². The third-order valence-corrected chi connectivity index (χ3v) is 2.67. The summed E-state index contributed by atoms with van der Waals surface area (Å²) in [6.45, 7) is 5.77. The highest BCUT2D eigenvalue weighted by Crippen LogP contribution is 2.29. The molecule has 0 unspecified atom stereocenters. The van der Waals surface area contributed by atoms with Crippen molar-refractivity contribution in [3.63, 3.8) is 0 Å². The van der Waals surface area contributed by atoms with Crippen molar-refractivity contribution >= 4 is 0 Å². The number of aliphatic hydroxyl groups is 1. The molecule has 3 heteroatoms. The number of benzene rings is 1. The van der Waals surface area contributed by atoms with E-state index in [1.165, 1.54) is 0 Å². The Hall–Kier alpha value is -1.37. The van der Waals surface area contributed by atoms with Crippen molar-refractivity contribution in [1.82, 2.24) is 0 Å². The molecule has 0 aliphatic heterocycles. The fraction of sp³-hybridized carbons (Fsp3) is 0.462. The van der Waals surface area contributed by atoms with Gasteiger partial charge in [-0.05, 0) is 17.0 Å². The first kappa shape index (κ1) is 12.7. The van der Waals surface area contributed by atoms with Crippen molar-refractivity contribution in [1.29, 1.82) is 5.26 Å². The normalized spacial score (nSPS) is 15.2. The van der Waals surface area contributed by atoms with Crippen LogP contribution >= 0.6 is 0 Å². The van der Waals surface area contributed by atoms with Gasteiger partial charge < -0.3 is 10.8 Å². The molecular formula is C13H18N2O. The van der Waals surface area contributed by atoms with Crippen molar-refractivity contribution in [3.8, 4) is 6.07 Å². The first-order chi connectivity index (χ1) is 7.38. The first-order valence-electron chi connectivity index (χ1n) is 5.30. The van der Waals surface area contributed by atoms with Crippen LogP contribution in [-0.2, 0) is 0 Å². The summed E-state index contributed by atoms with van der Waals surface area (Å²) in [6, 6.07) is 8.68. The minimum atomic E-state index is -0.679. The van der Waals surface area contributed by atoms with Crippen molar-refractivity contribution in [2.24, 2.45) is 11.1 Å². The molecule has 16 heavy (non-hydrogen) atoms. The molecule has 0 radical (unpaired) electrons. The van der Waals surface area contributed by atoms with Crippen LogP contribution in [0.4, 0.5) is 0 Å². The van der Waals surface area contributed by atoms with Gasteiger partial charge >= 0.3 is 0 Å². The van der Waals surface area contributed by atoms with E-state index in [1.54, 1.807) is 18.2 Å². The van der Waals surface area contributed by atoms with Gasteiger partial charge in [-0.2, -0.15) is 5.26 Å². The fourth-order valence-electron chi connectivity index (χ4n) is 1.60. The molecule has 2 atom stereocenters. The van der Waals surface area contributed by atoms with Crippen molar-refractivity contribution in [2.75, 3.05) is 0 Å². The average molecular weight is 218 g/mol. The van der Waals surface area contributed by atoms with Crippen molar-refractivity contribution in [3.05, 3.63) is 35.4 Å². The maximum absolute atomic E-state index is 10.1. The Morgan fingerprint density at radius 3 is 2.38 bits per heavy atom. The second-order valence-corrected chi connectivity index (χ2v) is 5.04. The molecule has 0 aromatic heterocycles. The Morgan fingerprint density at radius 2 is 1.88 bits per heavy atom. The number of aliphatic hydroxyl groups excluding tert-OH is 1. The van der Waals surface area contributed by atoms with E-state index in [0.29, 0.717) is 11.1 Å². The quantitative estimate of drug-likeness (QED) is 0.797. The summed E-state index contributed by atoms with van der Waals surface area (Å²) in [4.78, 5) is 0. The van der Waals surface area contributed by atoms with Gasteiger partial charge in [0.05, 0.1) is 23.8 Å². The second kappa shape index (κ2) is 4.65. The standard InChI is InChI=1S/C13H18N2O/c1-13(2,3)12(16)11(15)10-7-5-4-6-9(10)8-14/h4-7,11-12,16H,15H2,1-3H3/t11-,12-/m1/s1. The minimum Gasteiger partial charge on any atom is -0.391 e. The molecule has 3 N–H and O–H groups in total. The summed E-state index contributed by atoms with van der Waals surface area (Å²) in [5.74, 6) is 0. The predicted molar refractivity (Wildman–Crippen MR) is 63.5 cm³/mol. The molecule has 86 valence electrons. The van der Waals surface area contributed by atoms with Crippen LogP contribution in [0.2, 0.25) is 0 Å². The van der Waals surface area contributed by atoms with E-state index in [4.69, 9.17) is 11.0 Å². The zero-order chi connectivity index (χ0) is 12.3. The predicted octanol–water partition coefficient (Wildman–Crippen LogP) is 1.97. The Kier molecular flexibility index (Phi) is 3.69. The third-order valence-electron chi connectivity index (χ3n) is 2.67. The number of hydrogen-bond donors (Lipinski definition) is 2. The van der Waals surface area contributed by atoms with Gasteiger partial charge in [0, 0.05) is 0 Å². The van der Waals surface area contributed by atoms with Gasteiger partial charge in [-0.25, -0.2) is 0 Å². The Balaban J connectivity index is 3.06. The van der Waals surface area contributed by atoms with Gasteiger partial charge in [-0.15, -0.1) is 0 Å². The second-order valence-electron chi connectivity index (χ2n) is 5.04. The smallest absolute Gasteiger partial charge is 0.0995 e. The summed E-state index contributed by atoms with van der Waals surface area (Å²) >= 11 is 0. The van der Waals surface area contributed by atoms with Crippen molar-refractivity contribution < 1.29 is 5.11 Å². The van der Waals surface area contributed by atoms with Crippen LogP contribution in [0.3, 0.4) is 0 Å². The molecule has 1 aromatic rings. The average Bonchev–Trinajstić information content (AvgIpc) is 2.25. The molecule has 0 saturated heterocycles. The van der Waals surface area contributed by atoms with Gasteiger partial charge in [0.1, 0.15) is 0 Å². The van der Waals surface area contributed by atoms with E-state index in [-0.39, 0.29) is 5.41 Å². The maximum Gasteiger partial charge on any atom is 0.0995 e. The van der Waals surface area contributed by atoms with Gasteiger partial charge in [0.15, 0.2) is 0 Å². The van der Waals surface area contributed by atoms with E-state index in [0.717, 1.165) is 0 Å². The van der Waals surface area contributed by atoms with E-state index in [1.807, 2.05) is 26.8 Å². The van der Waals surface area contributed by atoms with Gasteiger partial charge in [0.2, 0.25) is 0 Å². The van der Waals surface area contributed by atoms with Crippen LogP contribution in [0.15, 0.2) is 24.3 Å². The van der Waals surface area contributed by atoms with Crippen LogP contribution in [-0.4, -0.2) is 11.2 Å². The third kappa shape index (κ3) is 2.60. The Morgan fingerprint density at radius 1 is 1.31 bits per heavy atom. The largest absolute Gasteiger partial charge is 0.391 e. The minimum absolute atomic E-state index is 0.304. The lowest BCUT2D eigenvalue weighted by Crippen LogP contribution is -2.37. The lowest BCUT2D eigenvalue weighted by Gasteiger charge is -2.31. The lowest BCUT2D eigenvalue weighted by atomic mass is 9.81. The van der Waals surface area contributed by atoms with E-state index in [2.05, 4.69) is 6.07 Å². The summed E-state index contributed by atoms with van der Waals surface area (Å²) in [5, 5.41) is 19.1. The summed E-state index contributed by atoms with van der Waals surface area (Å²) < 4.78 is 0. The maximum atomic E-state index is 10.1. The van der Waals surface area contributed by atoms with Crippen molar-refractivity contribution in [2.45, 2.75) is 32.9 Å². The molecule has 0 spiro atoms. The van der Waals surface area contributed by atoms with Crippen LogP contribution in [0.5, 0.6) is 0 Å². The van der Waals surface area contributed by atoms with E-state index in [9.17, 15) is 5.11 Å². The fourth-order valence-corrected chi connectivity index (χ4v) is 1.60. The monoisotopic (exact) mass is 218 g/mol. The van der Waals surface area contributed by atoms with E-state index >= 15 is 0 Å². The van der Waals surface area contributed by atoms with Crippen LogP contribution in [0.25, 0.3) is 0 Å². The number of nitriles is 1. The van der Waals surface area contributed by atoms with Crippen LogP contribution in [0, 0.1) is 16.7 Å². The van der Waals surface area contributed by atoms with Crippen LogP contribution in [0.1, 0.15) is 37.9 Å². The molecule has 0 heterocycles. The van der Waals surface area contributed by atoms with Gasteiger partial charge in [-0.3, -0.25) is 0 Å². The number of hydrogen-bond acceptors (Lipinski definition) is 3. The van der Waals surface area contributed by atoms with Crippen LogP contribution < -0.4 is 5.73 Å². The zero-order valence-corrected chi connectivity index (χ0v) is 9.94. The topological polar surface area (TPSA) is 70.0 Å². The number of nitrogens with zero attached hydrogens (tertiary/aromatic N) is 1. The first-order valence-corrected chi connectivity index (χ1v) is 5.30. The molecule has 0 saturated carbocycles. The molecule has 1 rings (SSSR count). The van der Waals surface area contributed by atoms with E-state index < -0.39 is 12.1 Å². The number of rotatable bonds is 2. The molecule has 0 aliphatic rings. The molecule has 0 fully saturated rings. The Bertz CT molecular complexity index is 401. The highest BCUT2D eigenvalue weighted by atomic mass is 16.3. The molecular weight excluding hydrogens is 200 g/mol. The molecule has 0 amide bonds. The summed E-state index contributed by atoms with van der Waals surface area (Å²) in [5.41, 5.74) is 6.92. The number of nitrogens with two attached hydrogens (primary N) is 1. The Labute approximate surface area is 96.5 Å². The summed E-state index contributed by atoms with van der Waals surface area (Å²) in [7, 11) is 0. The summed E-state index contributed by atoms with van der Waals surface area (Å²) in [6.07, 6.45) is -0.679. The molecule has 0 aliphatic carbocycles. The molecule has 0 bridgehead atoms. The SMILES string of the molecule is CC(C)(C)[C@H](O)[C@H](N)c1ccccc1C#N. The lowest BCUT2D eigenvalue weighted by molar-refractivity contribution is 0.0400. The molecule has 3 nitrogen and oxygen atoms in total. The van der Waals surface area contributed by atoms with Gasteiger partial charge in [-0.1, -0.05) is 39.0 Å². The molecule has 1 aromatic carbocycles. The highest BCUT2D eigenvalue weighted by molar-refractivity contribution is 5.39.